The number of ether oxygens (including phenoxy) is 3. The lowest BCUT2D eigenvalue weighted by Gasteiger charge is -2.41. The zero-order chi connectivity index (χ0) is 19.1. The van der Waals surface area contributed by atoms with Crippen molar-refractivity contribution in [3.05, 3.63) is 0 Å². The van der Waals surface area contributed by atoms with Gasteiger partial charge in [-0.25, -0.2) is 0 Å². The van der Waals surface area contributed by atoms with Crippen molar-refractivity contribution in [1.29, 1.82) is 0 Å². The van der Waals surface area contributed by atoms with E-state index in [-0.39, 0.29) is 29.5 Å². The molecule has 1 saturated heterocycles. The average Bonchev–Trinajstić information content (AvgIpc) is 2.65. The molecule has 0 radical (unpaired) electrons. The molecule has 8 heteroatoms. The van der Waals surface area contributed by atoms with Crippen molar-refractivity contribution < 1.29 is 14.2 Å². The SMILES string of the molecule is CCCCOCCOCCNC(=NCC1(N(C)C)CCOCC1)NCC.I. The van der Waals surface area contributed by atoms with Crippen molar-refractivity contribution in [2.24, 2.45) is 4.99 Å². The van der Waals surface area contributed by atoms with Crippen LogP contribution in [0, 0.1) is 0 Å². The van der Waals surface area contributed by atoms with Crippen LogP contribution in [-0.2, 0) is 14.2 Å². The number of hydrogen-bond acceptors (Lipinski definition) is 5. The zero-order valence-electron chi connectivity index (χ0n) is 17.7. The maximum absolute atomic E-state index is 5.60. The molecule has 7 nitrogen and oxygen atoms in total. The van der Waals surface area contributed by atoms with Crippen molar-refractivity contribution in [3.63, 3.8) is 0 Å². The smallest absolute Gasteiger partial charge is 0.191 e. The first kappa shape index (κ1) is 26.8. The summed E-state index contributed by atoms with van der Waals surface area (Å²) in [4.78, 5) is 7.11. The maximum atomic E-state index is 5.60. The number of rotatable bonds is 13. The van der Waals surface area contributed by atoms with E-state index >= 15 is 0 Å². The number of nitrogens with one attached hydrogen (secondary N) is 2. The van der Waals surface area contributed by atoms with Crippen LogP contribution in [0.4, 0.5) is 0 Å². The fourth-order valence-electron chi connectivity index (χ4n) is 2.88. The molecular weight excluding hydrogens is 459 g/mol. The van der Waals surface area contributed by atoms with E-state index in [0.717, 1.165) is 64.7 Å². The van der Waals surface area contributed by atoms with Crippen molar-refractivity contribution in [1.82, 2.24) is 15.5 Å². The highest BCUT2D eigenvalue weighted by Gasteiger charge is 2.34. The van der Waals surface area contributed by atoms with Gasteiger partial charge in [0.25, 0.3) is 0 Å². The summed E-state index contributed by atoms with van der Waals surface area (Å²) in [6.45, 7) is 11.0. The Hall–Kier alpha value is -0.160. The van der Waals surface area contributed by atoms with Crippen molar-refractivity contribution >= 4 is 29.9 Å². The van der Waals surface area contributed by atoms with Gasteiger partial charge in [-0.2, -0.15) is 0 Å². The molecule has 1 rings (SSSR count). The van der Waals surface area contributed by atoms with E-state index in [1.54, 1.807) is 0 Å². The first-order chi connectivity index (χ1) is 12.6. The Balaban J connectivity index is 0.00000676. The number of guanidine groups is 1. The van der Waals surface area contributed by atoms with E-state index in [0.29, 0.717) is 19.8 Å². The molecule has 0 aromatic rings. The van der Waals surface area contributed by atoms with E-state index in [4.69, 9.17) is 19.2 Å². The largest absolute Gasteiger partial charge is 0.381 e. The minimum atomic E-state index is 0. The first-order valence-corrected chi connectivity index (χ1v) is 10.1. The van der Waals surface area contributed by atoms with E-state index < -0.39 is 0 Å². The highest BCUT2D eigenvalue weighted by atomic mass is 127. The highest BCUT2D eigenvalue weighted by molar-refractivity contribution is 14.0. The number of likely N-dealkylation sites (N-methyl/N-ethyl adjacent to an activating group) is 1. The fourth-order valence-corrected chi connectivity index (χ4v) is 2.88. The van der Waals surface area contributed by atoms with Crippen LogP contribution in [0.25, 0.3) is 0 Å². The van der Waals surface area contributed by atoms with Gasteiger partial charge in [-0.15, -0.1) is 24.0 Å². The normalized spacial score (nSPS) is 16.9. The summed E-state index contributed by atoms with van der Waals surface area (Å²) in [6.07, 6.45) is 4.32. The van der Waals surface area contributed by atoms with Crippen LogP contribution >= 0.6 is 24.0 Å². The number of unbranched alkanes of at least 4 members (excludes halogenated alkanes) is 1. The van der Waals surface area contributed by atoms with Gasteiger partial charge in [0.05, 0.1) is 26.4 Å². The van der Waals surface area contributed by atoms with Crippen LogP contribution in [0.2, 0.25) is 0 Å². The van der Waals surface area contributed by atoms with Crippen LogP contribution in [-0.4, -0.2) is 89.8 Å². The molecule has 1 fully saturated rings. The third kappa shape index (κ3) is 11.4. The zero-order valence-corrected chi connectivity index (χ0v) is 20.1. The second-order valence-corrected chi connectivity index (χ2v) is 6.93. The molecule has 0 unspecified atom stereocenters. The molecule has 0 bridgehead atoms. The molecule has 0 aromatic carbocycles. The Labute approximate surface area is 183 Å². The number of halogens is 1. The van der Waals surface area contributed by atoms with Crippen molar-refractivity contribution in [3.8, 4) is 0 Å². The second kappa shape index (κ2) is 16.8. The van der Waals surface area contributed by atoms with E-state index in [1.165, 1.54) is 6.42 Å². The lowest BCUT2D eigenvalue weighted by atomic mass is 9.89. The quantitative estimate of drug-likeness (QED) is 0.175. The maximum Gasteiger partial charge on any atom is 0.191 e. The van der Waals surface area contributed by atoms with Gasteiger partial charge in [0, 0.05) is 38.4 Å². The third-order valence-electron chi connectivity index (χ3n) is 4.80. The molecule has 0 aliphatic carbocycles. The van der Waals surface area contributed by atoms with Gasteiger partial charge < -0.3 is 29.7 Å². The van der Waals surface area contributed by atoms with Crippen molar-refractivity contribution in [2.45, 2.75) is 45.1 Å². The Morgan fingerprint density at radius 2 is 1.70 bits per heavy atom. The molecule has 27 heavy (non-hydrogen) atoms. The van der Waals surface area contributed by atoms with Crippen LogP contribution in [0.3, 0.4) is 0 Å². The van der Waals surface area contributed by atoms with Crippen molar-refractivity contribution in [2.75, 3.05) is 73.4 Å². The Morgan fingerprint density at radius 3 is 2.30 bits per heavy atom. The molecule has 0 saturated carbocycles. The summed E-state index contributed by atoms with van der Waals surface area (Å²) in [5, 5.41) is 6.66. The number of aliphatic imine (C=N–C) groups is 1. The summed E-state index contributed by atoms with van der Waals surface area (Å²) in [7, 11) is 4.27. The number of hydrogen-bond donors (Lipinski definition) is 2. The molecule has 0 aromatic heterocycles. The van der Waals surface area contributed by atoms with Gasteiger partial charge in [0.2, 0.25) is 0 Å². The molecule has 1 aliphatic rings. The van der Waals surface area contributed by atoms with Gasteiger partial charge in [0.15, 0.2) is 5.96 Å². The molecule has 1 heterocycles. The van der Waals surface area contributed by atoms with E-state index in [1.807, 2.05) is 0 Å². The highest BCUT2D eigenvalue weighted by Crippen LogP contribution is 2.26. The molecule has 0 amide bonds. The molecule has 0 spiro atoms. The Morgan fingerprint density at radius 1 is 1.04 bits per heavy atom. The van der Waals surface area contributed by atoms with Gasteiger partial charge in [-0.1, -0.05) is 13.3 Å². The van der Waals surface area contributed by atoms with Gasteiger partial charge in [-0.3, -0.25) is 4.99 Å². The molecule has 0 atom stereocenters. The predicted molar refractivity (Wildman–Crippen MR) is 122 cm³/mol. The predicted octanol–water partition coefficient (Wildman–Crippen LogP) is 2.10. The average molecular weight is 500 g/mol. The van der Waals surface area contributed by atoms with E-state index in [2.05, 4.69) is 43.5 Å². The Bertz CT molecular complexity index is 378. The van der Waals surface area contributed by atoms with Gasteiger partial charge >= 0.3 is 0 Å². The molecule has 2 N–H and O–H groups in total. The fraction of sp³-hybridized carbons (Fsp3) is 0.947. The summed E-state index contributed by atoms with van der Waals surface area (Å²) in [5.41, 5.74) is 0.0902. The monoisotopic (exact) mass is 500 g/mol. The lowest BCUT2D eigenvalue weighted by molar-refractivity contribution is -0.00255. The molecule has 162 valence electrons. The number of nitrogens with zero attached hydrogens (tertiary/aromatic N) is 2. The van der Waals surface area contributed by atoms with Crippen LogP contribution in [0.5, 0.6) is 0 Å². The van der Waals surface area contributed by atoms with Crippen LogP contribution in [0.15, 0.2) is 4.99 Å². The van der Waals surface area contributed by atoms with Gasteiger partial charge in [0.1, 0.15) is 0 Å². The van der Waals surface area contributed by atoms with E-state index in [9.17, 15) is 0 Å². The molecule has 1 aliphatic heterocycles. The minimum Gasteiger partial charge on any atom is -0.381 e. The van der Waals surface area contributed by atoms with Gasteiger partial charge in [-0.05, 0) is 40.3 Å². The summed E-state index contributed by atoms with van der Waals surface area (Å²) >= 11 is 0. The topological polar surface area (TPSA) is 67.4 Å². The lowest BCUT2D eigenvalue weighted by Crippen LogP contribution is -2.51. The molecular formula is C19H41IN4O3. The van der Waals surface area contributed by atoms with Crippen LogP contribution in [0.1, 0.15) is 39.5 Å². The standard InChI is InChI=1S/C19H40N4O3.HI/c1-5-7-11-24-15-16-26-14-10-21-18(20-6-2)22-17-19(23(3)4)8-12-25-13-9-19;/h5-17H2,1-4H3,(H2,20,21,22);1H. The summed E-state index contributed by atoms with van der Waals surface area (Å²) in [5.74, 6) is 0.850. The second-order valence-electron chi connectivity index (χ2n) is 6.93. The first-order valence-electron chi connectivity index (χ1n) is 10.1. The summed E-state index contributed by atoms with van der Waals surface area (Å²) in [6, 6.07) is 0. The van der Waals surface area contributed by atoms with Crippen LogP contribution < -0.4 is 10.6 Å². The minimum absolute atomic E-state index is 0. The Kier molecular flexibility index (Phi) is 16.7. The summed E-state index contributed by atoms with van der Waals surface area (Å²) < 4.78 is 16.6. The third-order valence-corrected chi connectivity index (χ3v) is 4.80.